The first-order valence-corrected chi connectivity index (χ1v) is 8.19. The average molecular weight is 316 g/mol. The first-order valence-electron chi connectivity index (χ1n) is 8.19. The lowest BCUT2D eigenvalue weighted by Gasteiger charge is -2.43. The molecule has 2 fully saturated rings. The van der Waals surface area contributed by atoms with Crippen LogP contribution in [0.5, 0.6) is 0 Å². The number of fused-ring (bicyclic) bond motifs is 2. The van der Waals surface area contributed by atoms with Crippen LogP contribution in [0.25, 0.3) is 5.65 Å². The van der Waals surface area contributed by atoms with Gasteiger partial charge in [-0.25, -0.2) is 9.48 Å². The number of hydrogen-bond acceptors (Lipinski definition) is 4. The molecule has 23 heavy (non-hydrogen) atoms. The summed E-state index contributed by atoms with van der Waals surface area (Å²) in [6, 6.07) is 5.51. The van der Waals surface area contributed by atoms with E-state index in [1.165, 1.54) is 9.08 Å². The molecule has 1 aliphatic carbocycles. The van der Waals surface area contributed by atoms with Crippen molar-refractivity contribution in [3.63, 3.8) is 0 Å². The molecule has 7 nitrogen and oxygen atoms in total. The highest BCUT2D eigenvalue weighted by molar-refractivity contribution is 5.76. The monoisotopic (exact) mass is 316 g/mol. The highest BCUT2D eigenvalue weighted by Gasteiger charge is 2.36. The third-order valence-electron chi connectivity index (χ3n) is 4.83. The number of aromatic nitrogens is 3. The van der Waals surface area contributed by atoms with E-state index >= 15 is 0 Å². The molecule has 2 aromatic heterocycles. The predicted molar refractivity (Wildman–Crippen MR) is 83.2 cm³/mol. The van der Waals surface area contributed by atoms with Crippen molar-refractivity contribution in [2.75, 3.05) is 13.2 Å². The minimum Gasteiger partial charge on any atom is -0.374 e. The molecule has 0 radical (unpaired) electrons. The minimum absolute atomic E-state index is 0.0102. The minimum atomic E-state index is -0.276. The molecule has 0 bridgehead atoms. The highest BCUT2D eigenvalue weighted by atomic mass is 16.5. The number of hydrogen-bond donors (Lipinski definition) is 0. The summed E-state index contributed by atoms with van der Waals surface area (Å²) in [7, 11) is 0. The van der Waals surface area contributed by atoms with Crippen LogP contribution < -0.4 is 5.69 Å². The first-order chi connectivity index (χ1) is 11.2. The van der Waals surface area contributed by atoms with E-state index in [1.807, 2.05) is 11.0 Å². The van der Waals surface area contributed by atoms with Gasteiger partial charge in [-0.1, -0.05) is 18.9 Å². The van der Waals surface area contributed by atoms with Gasteiger partial charge >= 0.3 is 5.69 Å². The first kappa shape index (κ1) is 14.4. The van der Waals surface area contributed by atoms with Crippen LogP contribution in [-0.4, -0.2) is 50.3 Å². The number of rotatable bonds is 2. The van der Waals surface area contributed by atoms with Gasteiger partial charge in [-0.2, -0.15) is 0 Å². The Morgan fingerprint density at radius 3 is 3.04 bits per heavy atom. The quantitative estimate of drug-likeness (QED) is 0.816. The third-order valence-corrected chi connectivity index (χ3v) is 4.83. The fraction of sp³-hybridized carbons (Fsp3) is 0.562. The van der Waals surface area contributed by atoms with Crippen LogP contribution in [0.2, 0.25) is 0 Å². The number of ether oxygens (including phenoxy) is 1. The zero-order chi connectivity index (χ0) is 15.8. The van der Waals surface area contributed by atoms with E-state index in [-0.39, 0.29) is 30.3 Å². The second-order valence-corrected chi connectivity index (χ2v) is 6.22. The normalized spacial score (nSPS) is 24.6. The summed E-state index contributed by atoms with van der Waals surface area (Å²) >= 11 is 0. The smallest absolute Gasteiger partial charge is 0.350 e. The van der Waals surface area contributed by atoms with Crippen LogP contribution in [0.1, 0.15) is 25.7 Å². The van der Waals surface area contributed by atoms with E-state index in [1.54, 1.807) is 18.3 Å². The molecule has 7 heteroatoms. The van der Waals surface area contributed by atoms with Crippen LogP contribution in [0.15, 0.2) is 29.2 Å². The summed E-state index contributed by atoms with van der Waals surface area (Å²) in [4.78, 5) is 26.9. The third kappa shape index (κ3) is 2.55. The molecule has 4 rings (SSSR count). The number of carbonyl (C=O) groups is 1. The van der Waals surface area contributed by atoms with Gasteiger partial charge in [-0.3, -0.25) is 9.20 Å². The molecule has 1 aliphatic heterocycles. The van der Waals surface area contributed by atoms with Crippen LogP contribution in [-0.2, 0) is 16.1 Å². The van der Waals surface area contributed by atoms with Crippen molar-refractivity contribution < 1.29 is 9.53 Å². The molecule has 1 saturated heterocycles. The van der Waals surface area contributed by atoms with E-state index in [9.17, 15) is 9.59 Å². The number of pyridine rings is 1. The zero-order valence-electron chi connectivity index (χ0n) is 12.9. The summed E-state index contributed by atoms with van der Waals surface area (Å²) < 4.78 is 8.51. The lowest BCUT2D eigenvalue weighted by atomic mass is 9.90. The molecule has 0 aromatic carbocycles. The summed E-state index contributed by atoms with van der Waals surface area (Å²) in [6.07, 6.45) is 6.10. The Bertz CT molecular complexity index is 779. The molecule has 0 unspecified atom stereocenters. The van der Waals surface area contributed by atoms with Gasteiger partial charge in [0.25, 0.3) is 0 Å². The van der Waals surface area contributed by atoms with Gasteiger partial charge in [0.1, 0.15) is 6.54 Å². The Hall–Kier alpha value is -2.15. The maximum absolute atomic E-state index is 12.7. The largest absolute Gasteiger partial charge is 0.374 e. The van der Waals surface area contributed by atoms with Gasteiger partial charge in [0.15, 0.2) is 5.65 Å². The summed E-state index contributed by atoms with van der Waals surface area (Å²) in [5.74, 6) is -0.0456. The Balaban J connectivity index is 1.56. The van der Waals surface area contributed by atoms with E-state index in [2.05, 4.69) is 5.10 Å². The molecule has 1 saturated carbocycles. The van der Waals surface area contributed by atoms with Gasteiger partial charge in [0.2, 0.25) is 5.91 Å². The van der Waals surface area contributed by atoms with Gasteiger partial charge in [0, 0.05) is 12.7 Å². The van der Waals surface area contributed by atoms with Crippen LogP contribution in [0.3, 0.4) is 0 Å². The van der Waals surface area contributed by atoms with Crippen LogP contribution >= 0.6 is 0 Å². The maximum Gasteiger partial charge on any atom is 0.350 e. The average Bonchev–Trinajstić information content (AvgIpc) is 2.90. The number of carbonyl (C=O) groups excluding carboxylic acids is 1. The zero-order valence-corrected chi connectivity index (χ0v) is 12.9. The van der Waals surface area contributed by atoms with Gasteiger partial charge in [0.05, 0.1) is 18.8 Å². The fourth-order valence-electron chi connectivity index (χ4n) is 3.70. The summed E-state index contributed by atoms with van der Waals surface area (Å²) in [6.45, 7) is 1.17. The van der Waals surface area contributed by atoms with Crippen molar-refractivity contribution in [1.29, 1.82) is 0 Å². The lowest BCUT2D eigenvalue weighted by molar-refractivity contribution is -0.150. The second kappa shape index (κ2) is 5.81. The van der Waals surface area contributed by atoms with Crippen molar-refractivity contribution in [3.8, 4) is 0 Å². The van der Waals surface area contributed by atoms with E-state index < -0.39 is 0 Å². The lowest BCUT2D eigenvalue weighted by Crippen LogP contribution is -2.55. The van der Waals surface area contributed by atoms with E-state index in [0.717, 1.165) is 25.7 Å². The molecular weight excluding hydrogens is 296 g/mol. The molecule has 122 valence electrons. The second-order valence-electron chi connectivity index (χ2n) is 6.22. The van der Waals surface area contributed by atoms with Crippen molar-refractivity contribution in [2.24, 2.45) is 0 Å². The van der Waals surface area contributed by atoms with Gasteiger partial charge < -0.3 is 9.64 Å². The standard InChI is InChI=1S/C16H20N4O3/c21-15(18-9-10-23-13-6-2-1-5-12(13)18)11-20-16(22)19-8-4-3-7-14(19)17-20/h3-4,7-8,12-13H,1-2,5-6,9-11H2/t12-,13+/m1/s1. The SMILES string of the molecule is O=C(Cn1nc2ccccn2c1=O)N1CCO[C@H]2CCCC[C@H]21. The van der Waals surface area contributed by atoms with Crippen molar-refractivity contribution in [2.45, 2.75) is 44.4 Å². The summed E-state index contributed by atoms with van der Waals surface area (Å²) in [5, 5.41) is 4.24. The molecule has 0 spiro atoms. The van der Waals surface area contributed by atoms with E-state index in [0.29, 0.717) is 18.8 Å². The summed E-state index contributed by atoms with van der Waals surface area (Å²) in [5.41, 5.74) is 0.283. The Labute approximate surface area is 133 Å². The van der Waals surface area contributed by atoms with Crippen molar-refractivity contribution >= 4 is 11.6 Å². The van der Waals surface area contributed by atoms with Crippen LogP contribution in [0.4, 0.5) is 0 Å². The maximum atomic E-state index is 12.7. The molecule has 0 N–H and O–H groups in total. The number of nitrogens with zero attached hydrogens (tertiary/aromatic N) is 4. The molecular formula is C16H20N4O3. The fourth-order valence-corrected chi connectivity index (χ4v) is 3.70. The predicted octanol–water partition coefficient (Wildman–Crippen LogP) is 0.666. The van der Waals surface area contributed by atoms with Gasteiger partial charge in [-0.15, -0.1) is 5.10 Å². The van der Waals surface area contributed by atoms with Crippen molar-refractivity contribution in [1.82, 2.24) is 19.1 Å². The van der Waals surface area contributed by atoms with E-state index in [4.69, 9.17) is 4.74 Å². The Morgan fingerprint density at radius 2 is 2.17 bits per heavy atom. The highest BCUT2D eigenvalue weighted by Crippen LogP contribution is 2.28. The van der Waals surface area contributed by atoms with Gasteiger partial charge in [-0.05, 0) is 25.0 Å². The Morgan fingerprint density at radius 1 is 1.30 bits per heavy atom. The van der Waals surface area contributed by atoms with Crippen LogP contribution in [0, 0.1) is 0 Å². The molecule has 2 atom stereocenters. The molecule has 2 aliphatic rings. The molecule has 2 aromatic rings. The number of amides is 1. The van der Waals surface area contributed by atoms with Crippen molar-refractivity contribution in [3.05, 3.63) is 34.9 Å². The topological polar surface area (TPSA) is 68.8 Å². The number of morpholine rings is 1. The molecule has 1 amide bonds. The molecule has 3 heterocycles. The Kier molecular flexibility index (Phi) is 3.65.